The van der Waals surface area contributed by atoms with Crippen molar-refractivity contribution in [2.24, 2.45) is 11.8 Å². The Balaban J connectivity index is 1.55. The van der Waals surface area contributed by atoms with Crippen LogP contribution in [0.3, 0.4) is 0 Å². The summed E-state index contributed by atoms with van der Waals surface area (Å²) in [5.74, 6) is -0.114. The van der Waals surface area contributed by atoms with E-state index in [-0.39, 0.29) is 34.3 Å². The highest BCUT2D eigenvalue weighted by atomic mass is 32.2. The van der Waals surface area contributed by atoms with Gasteiger partial charge >= 0.3 is 0 Å². The number of hydrogen-bond acceptors (Lipinski definition) is 3. The molecule has 1 aromatic carbocycles. The van der Waals surface area contributed by atoms with Crippen LogP contribution >= 0.6 is 0 Å². The summed E-state index contributed by atoms with van der Waals surface area (Å²) in [7, 11) is -3.73. The van der Waals surface area contributed by atoms with E-state index in [1.165, 1.54) is 16.6 Å². The van der Waals surface area contributed by atoms with E-state index in [1.807, 2.05) is 12.2 Å². The molecule has 4 unspecified atom stereocenters. The largest absolute Gasteiger partial charge is 0.366 e. The van der Waals surface area contributed by atoms with E-state index >= 15 is 0 Å². The fourth-order valence-corrected chi connectivity index (χ4v) is 5.83. The number of aromatic amines is 1. The van der Waals surface area contributed by atoms with Crippen LogP contribution in [0.25, 0.3) is 10.9 Å². The Morgan fingerprint density at radius 1 is 1.17 bits per heavy atom. The molecule has 0 saturated carbocycles. The molecule has 4 heterocycles. The van der Waals surface area contributed by atoms with Crippen molar-refractivity contribution >= 4 is 20.9 Å². The van der Waals surface area contributed by atoms with Gasteiger partial charge in [-0.2, -0.15) is 4.31 Å². The molecule has 0 spiro atoms. The average Bonchev–Trinajstić information content (AvgIpc) is 3.27. The molecule has 2 saturated heterocycles. The Hall–Kier alpha value is -1.70. The van der Waals surface area contributed by atoms with Crippen LogP contribution in [-0.4, -0.2) is 43.0 Å². The lowest BCUT2D eigenvalue weighted by Gasteiger charge is -2.18. The van der Waals surface area contributed by atoms with Crippen molar-refractivity contribution in [1.29, 1.82) is 0 Å². The highest BCUT2D eigenvalue weighted by Gasteiger charge is 2.53. The van der Waals surface area contributed by atoms with Gasteiger partial charge in [-0.3, -0.25) is 0 Å². The lowest BCUT2D eigenvalue weighted by Crippen LogP contribution is -2.31. The van der Waals surface area contributed by atoms with E-state index in [1.54, 1.807) is 12.1 Å². The van der Waals surface area contributed by atoms with Crippen LogP contribution in [0.1, 0.15) is 0 Å². The maximum absolute atomic E-state index is 14.1. The summed E-state index contributed by atoms with van der Waals surface area (Å²) < 4.78 is 47.4. The van der Waals surface area contributed by atoms with Gasteiger partial charge in [-0.1, -0.05) is 18.2 Å². The molecule has 1 aromatic heterocycles. The molecule has 5 nitrogen and oxygen atoms in total. The smallest absolute Gasteiger partial charge is 0.245 e. The summed E-state index contributed by atoms with van der Waals surface area (Å²) in [6.07, 6.45) is 5.47. The fourth-order valence-electron chi connectivity index (χ4n) is 4.14. The summed E-state index contributed by atoms with van der Waals surface area (Å²) in [4.78, 5) is 2.88. The molecular weight excluding hydrogens is 319 g/mol. The number of halogens is 1. The van der Waals surface area contributed by atoms with Gasteiger partial charge in [-0.25, -0.2) is 12.8 Å². The van der Waals surface area contributed by atoms with E-state index in [4.69, 9.17) is 4.74 Å². The molecule has 0 aliphatic carbocycles. The first-order chi connectivity index (χ1) is 11.1. The van der Waals surface area contributed by atoms with Gasteiger partial charge in [-0.15, -0.1) is 0 Å². The summed E-state index contributed by atoms with van der Waals surface area (Å²) in [5, 5.41) is 0.141. The van der Waals surface area contributed by atoms with Crippen molar-refractivity contribution < 1.29 is 17.5 Å². The van der Waals surface area contributed by atoms with Gasteiger partial charge in [0.25, 0.3) is 0 Å². The van der Waals surface area contributed by atoms with Crippen LogP contribution in [0.15, 0.2) is 41.4 Å². The predicted octanol–water partition coefficient (Wildman–Crippen LogP) is 1.88. The second-order valence-corrected chi connectivity index (χ2v) is 8.32. The SMILES string of the molecule is O=S(=O)(c1c[nH]c2cccc(F)c12)N1CC2C3C=CC(O3)C2C1. The number of nitrogens with one attached hydrogen (secondary N) is 1. The molecule has 7 heteroatoms. The quantitative estimate of drug-likeness (QED) is 0.853. The van der Waals surface area contributed by atoms with E-state index in [2.05, 4.69) is 4.98 Å². The molecule has 2 bridgehead atoms. The van der Waals surface area contributed by atoms with Gasteiger partial charge in [0.05, 0.1) is 17.6 Å². The second kappa shape index (κ2) is 4.43. The van der Waals surface area contributed by atoms with Gasteiger partial charge in [0, 0.05) is 36.6 Å². The first-order valence-corrected chi connectivity index (χ1v) is 9.09. The number of hydrogen-bond donors (Lipinski definition) is 1. The lowest BCUT2D eigenvalue weighted by molar-refractivity contribution is 0.0929. The van der Waals surface area contributed by atoms with Crippen molar-refractivity contribution in [3.05, 3.63) is 42.4 Å². The minimum Gasteiger partial charge on any atom is -0.366 e. The monoisotopic (exact) mass is 334 g/mol. The molecule has 5 rings (SSSR count). The molecule has 2 fully saturated rings. The van der Waals surface area contributed by atoms with Gasteiger partial charge < -0.3 is 9.72 Å². The molecule has 1 N–H and O–H groups in total. The van der Waals surface area contributed by atoms with Crippen LogP contribution in [0.4, 0.5) is 4.39 Å². The lowest BCUT2D eigenvalue weighted by atomic mass is 9.86. The Bertz CT molecular complexity index is 916. The molecule has 0 amide bonds. The first kappa shape index (κ1) is 13.7. The molecule has 3 aliphatic heterocycles. The Kier molecular flexibility index (Phi) is 2.64. The van der Waals surface area contributed by atoms with E-state index < -0.39 is 15.8 Å². The van der Waals surface area contributed by atoms with Crippen molar-refractivity contribution in [3.8, 4) is 0 Å². The number of fused-ring (bicyclic) bond motifs is 6. The van der Waals surface area contributed by atoms with E-state index in [9.17, 15) is 12.8 Å². The minimum absolute atomic E-state index is 0.0184. The third kappa shape index (κ3) is 1.75. The van der Waals surface area contributed by atoms with Crippen molar-refractivity contribution in [3.63, 3.8) is 0 Å². The van der Waals surface area contributed by atoms with Crippen LogP contribution in [0, 0.1) is 17.7 Å². The normalized spacial score (nSPS) is 32.9. The number of sulfonamides is 1. The predicted molar refractivity (Wildman–Crippen MR) is 81.8 cm³/mol. The van der Waals surface area contributed by atoms with Crippen LogP contribution in [-0.2, 0) is 14.8 Å². The molecule has 3 aliphatic rings. The van der Waals surface area contributed by atoms with Gasteiger partial charge in [0.1, 0.15) is 10.7 Å². The molecular formula is C16H15FN2O3S. The minimum atomic E-state index is -3.73. The van der Waals surface area contributed by atoms with Crippen LogP contribution < -0.4 is 0 Å². The van der Waals surface area contributed by atoms with Crippen molar-refractivity contribution in [1.82, 2.24) is 9.29 Å². The first-order valence-electron chi connectivity index (χ1n) is 7.65. The standard InChI is InChI=1S/C16H15FN2O3S/c17-11-2-1-3-12-16(11)15(6-18-12)23(20,21)19-7-9-10(8-19)14-5-4-13(9)22-14/h1-6,9-10,13-14,18H,7-8H2. The highest BCUT2D eigenvalue weighted by molar-refractivity contribution is 7.89. The molecule has 23 heavy (non-hydrogen) atoms. The summed E-state index contributed by atoms with van der Waals surface area (Å²) >= 11 is 0. The Morgan fingerprint density at radius 3 is 2.57 bits per heavy atom. The van der Waals surface area contributed by atoms with Crippen LogP contribution in [0.5, 0.6) is 0 Å². The van der Waals surface area contributed by atoms with Crippen LogP contribution in [0.2, 0.25) is 0 Å². The summed E-state index contributed by atoms with van der Waals surface area (Å²) in [6.45, 7) is 0.860. The number of benzene rings is 1. The summed E-state index contributed by atoms with van der Waals surface area (Å²) in [6, 6.07) is 4.52. The number of H-pyrrole nitrogens is 1. The van der Waals surface area contributed by atoms with E-state index in [0.29, 0.717) is 18.6 Å². The topological polar surface area (TPSA) is 62.4 Å². The molecule has 2 aromatic rings. The average molecular weight is 334 g/mol. The second-order valence-electron chi connectivity index (χ2n) is 6.42. The molecule has 120 valence electrons. The maximum Gasteiger partial charge on any atom is 0.245 e. The highest BCUT2D eigenvalue weighted by Crippen LogP contribution is 2.45. The third-order valence-electron chi connectivity index (χ3n) is 5.26. The van der Waals surface area contributed by atoms with Gasteiger partial charge in [-0.05, 0) is 12.1 Å². The third-order valence-corrected chi connectivity index (χ3v) is 7.12. The van der Waals surface area contributed by atoms with Gasteiger partial charge in [0.15, 0.2) is 0 Å². The Morgan fingerprint density at radius 2 is 1.87 bits per heavy atom. The number of rotatable bonds is 2. The summed E-state index contributed by atoms with van der Waals surface area (Å²) in [5.41, 5.74) is 0.494. The fraction of sp³-hybridized carbons (Fsp3) is 0.375. The Labute approximate surface area is 132 Å². The van der Waals surface area contributed by atoms with Crippen molar-refractivity contribution in [2.75, 3.05) is 13.1 Å². The zero-order chi connectivity index (χ0) is 15.8. The maximum atomic E-state index is 14.1. The number of nitrogens with zero attached hydrogens (tertiary/aromatic N) is 1. The zero-order valence-electron chi connectivity index (χ0n) is 12.1. The number of ether oxygens (including phenoxy) is 1. The van der Waals surface area contributed by atoms with E-state index in [0.717, 1.165) is 0 Å². The van der Waals surface area contributed by atoms with Crippen molar-refractivity contribution in [2.45, 2.75) is 17.1 Å². The number of aromatic nitrogens is 1. The zero-order valence-corrected chi connectivity index (χ0v) is 13.0. The van der Waals surface area contributed by atoms with Gasteiger partial charge in [0.2, 0.25) is 10.0 Å². The molecule has 4 atom stereocenters. The molecule has 0 radical (unpaired) electrons.